The maximum absolute atomic E-state index is 14.3. The van der Waals surface area contributed by atoms with E-state index < -0.39 is 11.9 Å². The number of allylic oxidation sites excluding steroid dienone is 2. The second kappa shape index (κ2) is 11.0. The van der Waals surface area contributed by atoms with E-state index in [1.165, 1.54) is 0 Å². The zero-order valence-corrected chi connectivity index (χ0v) is 26.7. The normalized spacial score (nSPS) is 21.3. The number of ketones is 1. The maximum Gasteiger partial charge on any atom is 0.354 e. The molecule has 3 heterocycles. The number of carbonyl (C=O) groups is 3. The lowest BCUT2D eigenvalue weighted by Gasteiger charge is -2.39. The lowest BCUT2D eigenvalue weighted by Crippen LogP contribution is -2.39. The standard InChI is InChI=1S/C35H42N2O6/c1-10-13-37-31(17(2)3)32-29(33(37)39)28(27-23(38)15-35(7,8)16-25(27)43-32)26-20(6)21(11-12-24(26)42-9)22-14-18(4)19(5)30(36-22)34(40)41/h11-12,14,17,28,31H,10,13,15-16H2,1-9H3,(H,40,41)/t28-,31+/m0/s1. The minimum Gasteiger partial charge on any atom is -0.496 e. The molecule has 0 bridgehead atoms. The van der Waals surface area contributed by atoms with Gasteiger partial charge in [-0.3, -0.25) is 9.59 Å². The molecule has 0 saturated heterocycles. The number of aromatic carboxylic acids is 1. The van der Waals surface area contributed by atoms with Crippen LogP contribution in [0.4, 0.5) is 0 Å². The molecule has 8 heteroatoms. The molecule has 5 rings (SSSR count). The number of methoxy groups -OCH3 is 1. The summed E-state index contributed by atoms with van der Waals surface area (Å²) in [7, 11) is 1.58. The third-order valence-electron chi connectivity index (χ3n) is 9.14. The molecular formula is C35H42N2O6. The molecule has 0 fully saturated rings. The van der Waals surface area contributed by atoms with Crippen molar-refractivity contribution in [3.63, 3.8) is 0 Å². The Kier molecular flexibility index (Phi) is 7.78. The molecule has 0 spiro atoms. The van der Waals surface area contributed by atoms with Gasteiger partial charge in [0.2, 0.25) is 0 Å². The van der Waals surface area contributed by atoms with E-state index in [4.69, 9.17) is 9.47 Å². The molecule has 1 N–H and O–H groups in total. The summed E-state index contributed by atoms with van der Waals surface area (Å²) in [6.07, 6.45) is 1.72. The number of carboxylic acid groups (broad SMARTS) is 1. The van der Waals surface area contributed by atoms with Gasteiger partial charge in [-0.2, -0.15) is 0 Å². The zero-order chi connectivity index (χ0) is 31.5. The van der Waals surface area contributed by atoms with Crippen LogP contribution < -0.4 is 4.74 Å². The highest BCUT2D eigenvalue weighted by molar-refractivity contribution is 6.07. The summed E-state index contributed by atoms with van der Waals surface area (Å²) in [6, 6.07) is 5.33. The highest BCUT2D eigenvalue weighted by Crippen LogP contribution is 2.55. The Hall–Kier alpha value is -3.94. The average Bonchev–Trinajstić information content (AvgIpc) is 3.19. The first kappa shape index (κ1) is 30.5. The van der Waals surface area contributed by atoms with Crippen LogP contribution in [0.1, 0.15) is 92.5 Å². The fraction of sp³-hybridized carbons (Fsp3) is 0.486. The summed E-state index contributed by atoms with van der Waals surface area (Å²) < 4.78 is 12.6. The number of benzene rings is 1. The van der Waals surface area contributed by atoms with E-state index in [0.717, 1.165) is 23.1 Å². The van der Waals surface area contributed by atoms with E-state index in [9.17, 15) is 19.5 Å². The van der Waals surface area contributed by atoms with E-state index in [1.54, 1.807) is 14.0 Å². The SMILES string of the molecule is CCCN1C(=O)C2=C(OC3=C(C(=O)CC(C)(C)C3)[C@@H]2c2c(OC)ccc(-c3cc(C)c(C)c(C(=O)O)n3)c2C)[C@H]1C(C)C. The highest BCUT2D eigenvalue weighted by atomic mass is 16.5. The van der Waals surface area contributed by atoms with Crippen molar-refractivity contribution in [3.8, 4) is 17.0 Å². The molecule has 0 unspecified atom stereocenters. The number of hydrogen-bond donors (Lipinski definition) is 1. The quantitative estimate of drug-likeness (QED) is 0.386. The van der Waals surface area contributed by atoms with Crippen LogP contribution in [0.3, 0.4) is 0 Å². The number of aryl methyl sites for hydroxylation is 1. The summed E-state index contributed by atoms with van der Waals surface area (Å²) in [4.78, 5) is 46.8. The molecule has 2 aromatic rings. The van der Waals surface area contributed by atoms with E-state index >= 15 is 0 Å². The summed E-state index contributed by atoms with van der Waals surface area (Å²) >= 11 is 0. The highest BCUT2D eigenvalue weighted by Gasteiger charge is 2.53. The molecule has 1 aromatic heterocycles. The Morgan fingerprint density at radius 3 is 2.44 bits per heavy atom. The van der Waals surface area contributed by atoms with Crippen molar-refractivity contribution in [1.29, 1.82) is 0 Å². The van der Waals surface area contributed by atoms with Crippen LogP contribution in [-0.4, -0.2) is 52.3 Å². The number of nitrogens with zero attached hydrogens (tertiary/aromatic N) is 2. The molecule has 228 valence electrons. The molecule has 0 saturated carbocycles. The van der Waals surface area contributed by atoms with Crippen LogP contribution in [0.25, 0.3) is 11.3 Å². The molecular weight excluding hydrogens is 544 g/mol. The second-order valence-electron chi connectivity index (χ2n) is 13.2. The number of amides is 1. The van der Waals surface area contributed by atoms with Crippen LogP contribution in [0.5, 0.6) is 5.75 Å². The summed E-state index contributed by atoms with van der Waals surface area (Å²) in [5.74, 6) is -0.0118. The Morgan fingerprint density at radius 2 is 1.84 bits per heavy atom. The number of hydrogen-bond acceptors (Lipinski definition) is 6. The van der Waals surface area contributed by atoms with Gasteiger partial charge >= 0.3 is 5.97 Å². The molecule has 0 radical (unpaired) electrons. The van der Waals surface area contributed by atoms with Gasteiger partial charge in [-0.15, -0.1) is 0 Å². The number of aromatic nitrogens is 1. The topological polar surface area (TPSA) is 106 Å². The van der Waals surface area contributed by atoms with Gasteiger partial charge in [-0.1, -0.05) is 34.6 Å². The van der Waals surface area contributed by atoms with Crippen molar-refractivity contribution in [3.05, 3.63) is 68.8 Å². The largest absolute Gasteiger partial charge is 0.496 e. The Morgan fingerprint density at radius 1 is 1.14 bits per heavy atom. The van der Waals surface area contributed by atoms with E-state index in [-0.39, 0.29) is 34.8 Å². The van der Waals surface area contributed by atoms with E-state index in [2.05, 4.69) is 32.7 Å². The summed E-state index contributed by atoms with van der Waals surface area (Å²) in [5, 5.41) is 9.85. The van der Waals surface area contributed by atoms with Gasteiger partial charge in [0.05, 0.1) is 30.3 Å². The van der Waals surface area contributed by atoms with Gasteiger partial charge in [-0.25, -0.2) is 9.78 Å². The lowest BCUT2D eigenvalue weighted by molar-refractivity contribution is -0.128. The molecule has 1 aliphatic carbocycles. The monoisotopic (exact) mass is 586 g/mol. The first-order valence-corrected chi connectivity index (χ1v) is 15.1. The van der Waals surface area contributed by atoms with Gasteiger partial charge in [0.15, 0.2) is 11.5 Å². The van der Waals surface area contributed by atoms with Crippen LogP contribution in [-0.2, 0) is 14.3 Å². The average molecular weight is 587 g/mol. The van der Waals surface area contributed by atoms with Gasteiger partial charge in [0, 0.05) is 36.1 Å². The minimum atomic E-state index is -1.09. The minimum absolute atomic E-state index is 0.00142. The molecule has 1 amide bonds. The molecule has 2 atom stereocenters. The van der Waals surface area contributed by atoms with E-state index in [1.807, 2.05) is 43.9 Å². The van der Waals surface area contributed by atoms with Crippen molar-refractivity contribution >= 4 is 17.7 Å². The number of carbonyl (C=O) groups excluding carboxylic acids is 2. The third kappa shape index (κ3) is 4.94. The number of rotatable bonds is 7. The summed E-state index contributed by atoms with van der Waals surface area (Å²) in [6.45, 7) is 16.5. The van der Waals surface area contributed by atoms with Crippen LogP contribution in [0.2, 0.25) is 0 Å². The first-order valence-electron chi connectivity index (χ1n) is 15.1. The predicted octanol–water partition coefficient (Wildman–Crippen LogP) is 6.67. The second-order valence-corrected chi connectivity index (χ2v) is 13.2. The fourth-order valence-electron chi connectivity index (χ4n) is 7.07. The zero-order valence-electron chi connectivity index (χ0n) is 26.7. The van der Waals surface area contributed by atoms with Gasteiger partial charge < -0.3 is 19.5 Å². The van der Waals surface area contributed by atoms with Crippen molar-refractivity contribution in [2.75, 3.05) is 13.7 Å². The molecule has 3 aliphatic rings. The third-order valence-corrected chi connectivity index (χ3v) is 9.14. The van der Waals surface area contributed by atoms with E-state index in [0.29, 0.717) is 64.6 Å². The van der Waals surface area contributed by atoms with Gasteiger partial charge in [-0.05, 0) is 73.4 Å². The van der Waals surface area contributed by atoms with Crippen molar-refractivity contribution in [1.82, 2.24) is 9.88 Å². The van der Waals surface area contributed by atoms with Crippen molar-refractivity contribution in [2.45, 2.75) is 86.6 Å². The van der Waals surface area contributed by atoms with Crippen LogP contribution in [0.15, 0.2) is 40.9 Å². The Labute approximate surface area is 253 Å². The molecule has 1 aromatic carbocycles. The van der Waals surface area contributed by atoms with Gasteiger partial charge in [0.1, 0.15) is 17.3 Å². The molecule has 8 nitrogen and oxygen atoms in total. The van der Waals surface area contributed by atoms with Crippen LogP contribution >= 0.6 is 0 Å². The van der Waals surface area contributed by atoms with Crippen LogP contribution in [0, 0.1) is 32.1 Å². The van der Waals surface area contributed by atoms with Crippen molar-refractivity contribution in [2.24, 2.45) is 11.3 Å². The molecule has 43 heavy (non-hydrogen) atoms. The first-order chi connectivity index (χ1) is 20.2. The number of Topliss-reactive ketones (excluding diaryl/α,β-unsaturated/α-hetero) is 1. The Balaban J connectivity index is 1.82. The number of ether oxygens (including phenoxy) is 2. The molecule has 2 aliphatic heterocycles. The summed E-state index contributed by atoms with van der Waals surface area (Å²) in [5.41, 5.74) is 4.87. The lowest BCUT2D eigenvalue weighted by atomic mass is 9.68. The van der Waals surface area contributed by atoms with Crippen molar-refractivity contribution < 1.29 is 29.0 Å². The predicted molar refractivity (Wildman–Crippen MR) is 164 cm³/mol. The maximum atomic E-state index is 14.3. The number of carboxylic acids is 1. The van der Waals surface area contributed by atoms with Gasteiger partial charge in [0.25, 0.3) is 5.91 Å². The number of pyridine rings is 1. The Bertz CT molecular complexity index is 1610. The smallest absolute Gasteiger partial charge is 0.354 e. The fourth-order valence-corrected chi connectivity index (χ4v) is 7.07.